The Morgan fingerprint density at radius 3 is 2.80 bits per heavy atom. The molecule has 0 aliphatic carbocycles. The number of carbonyl (C=O) groups is 2. The van der Waals surface area contributed by atoms with E-state index in [9.17, 15) is 9.59 Å². The van der Waals surface area contributed by atoms with E-state index in [2.05, 4.69) is 10.1 Å². The summed E-state index contributed by atoms with van der Waals surface area (Å²) in [5.74, 6) is -0.222. The molecule has 5 nitrogen and oxygen atoms in total. The highest BCUT2D eigenvalue weighted by Gasteiger charge is 2.18. The highest BCUT2D eigenvalue weighted by atomic mass is 32.1. The van der Waals surface area contributed by atoms with Crippen molar-refractivity contribution in [3.63, 3.8) is 0 Å². The first-order valence-corrected chi connectivity index (χ1v) is 7.62. The summed E-state index contributed by atoms with van der Waals surface area (Å²) in [4.78, 5) is 23.3. The number of hydrogen-bond acceptors (Lipinski definition) is 6. The molecule has 1 amide bonds. The summed E-state index contributed by atoms with van der Waals surface area (Å²) >= 11 is 2.86. The van der Waals surface area contributed by atoms with Crippen LogP contribution >= 0.6 is 22.7 Å². The fourth-order valence-corrected chi connectivity index (χ4v) is 3.39. The fraction of sp³-hybridized carbons (Fsp3) is 0.231. The van der Waals surface area contributed by atoms with Gasteiger partial charge in [0.25, 0.3) is 5.91 Å². The van der Waals surface area contributed by atoms with Crippen LogP contribution in [-0.2, 0) is 17.8 Å². The van der Waals surface area contributed by atoms with Gasteiger partial charge < -0.3 is 15.8 Å². The molecule has 20 heavy (non-hydrogen) atoms. The van der Waals surface area contributed by atoms with E-state index in [-0.39, 0.29) is 11.9 Å². The van der Waals surface area contributed by atoms with E-state index in [0.29, 0.717) is 11.4 Å². The number of methoxy groups -OCH3 is 1. The van der Waals surface area contributed by atoms with Crippen LogP contribution in [0, 0.1) is 0 Å². The minimum absolute atomic E-state index is 0.0833. The van der Waals surface area contributed by atoms with E-state index in [1.807, 2.05) is 22.9 Å². The van der Waals surface area contributed by atoms with Crippen LogP contribution in [0.15, 0.2) is 22.9 Å². The molecular weight excluding hydrogens is 296 g/mol. The van der Waals surface area contributed by atoms with Gasteiger partial charge in [0.2, 0.25) is 0 Å². The lowest BCUT2D eigenvalue weighted by molar-refractivity contribution is 0.0605. The minimum atomic E-state index is -0.305. The zero-order chi connectivity index (χ0) is 14.5. The molecule has 7 heteroatoms. The number of nitrogens with one attached hydrogen (secondary N) is 1. The molecule has 0 radical (unpaired) electrons. The summed E-state index contributed by atoms with van der Waals surface area (Å²) in [5, 5.41) is 6.51. The maximum absolute atomic E-state index is 11.0. The molecule has 0 aromatic carbocycles. The van der Waals surface area contributed by atoms with Crippen molar-refractivity contribution >= 4 is 34.6 Å². The summed E-state index contributed by atoms with van der Waals surface area (Å²) < 4.78 is 4.55. The predicted molar refractivity (Wildman–Crippen MR) is 79.0 cm³/mol. The van der Waals surface area contributed by atoms with Gasteiger partial charge in [-0.1, -0.05) is 0 Å². The molecular formula is C13H14N2O3S2. The molecule has 2 aromatic rings. The maximum Gasteiger partial charge on any atom is 0.348 e. The standard InChI is InChI=1S/C7H9NO2S.C6H5NOS/c1-10-7(9)6-5(4-8)2-3-11-6;8-6-5-4(3-7-6)1-2-9-5/h2-3H,4,8H2,1H3;1-2H,3H2,(H,7,8). The third-order valence-electron chi connectivity index (χ3n) is 2.73. The van der Waals surface area contributed by atoms with Crippen LogP contribution in [0.4, 0.5) is 0 Å². The quantitative estimate of drug-likeness (QED) is 0.831. The molecule has 1 aliphatic rings. The number of thiophene rings is 2. The average Bonchev–Trinajstić information content (AvgIpc) is 3.16. The molecule has 3 N–H and O–H groups in total. The van der Waals surface area contributed by atoms with E-state index in [1.165, 1.54) is 29.8 Å². The van der Waals surface area contributed by atoms with Crippen LogP contribution in [0.2, 0.25) is 0 Å². The second-order valence-electron chi connectivity index (χ2n) is 3.93. The Bertz CT molecular complexity index is 619. The highest BCUT2D eigenvalue weighted by molar-refractivity contribution is 7.12. The van der Waals surface area contributed by atoms with Gasteiger partial charge in [0, 0.05) is 13.1 Å². The Morgan fingerprint density at radius 2 is 2.15 bits per heavy atom. The SMILES string of the molecule is COC(=O)c1sccc1CN.O=C1NCc2ccsc21. The van der Waals surface area contributed by atoms with Crippen molar-refractivity contribution in [3.05, 3.63) is 43.8 Å². The van der Waals surface area contributed by atoms with Crippen molar-refractivity contribution in [1.82, 2.24) is 5.32 Å². The number of hydrogen-bond donors (Lipinski definition) is 2. The van der Waals surface area contributed by atoms with Crippen molar-refractivity contribution in [1.29, 1.82) is 0 Å². The molecule has 1 aliphatic heterocycles. The molecule has 3 rings (SSSR count). The van der Waals surface area contributed by atoms with Gasteiger partial charge in [-0.3, -0.25) is 4.79 Å². The molecule has 0 fully saturated rings. The number of nitrogens with two attached hydrogens (primary N) is 1. The molecule has 2 aromatic heterocycles. The summed E-state index contributed by atoms with van der Waals surface area (Å²) in [6, 6.07) is 3.81. The lowest BCUT2D eigenvalue weighted by Crippen LogP contribution is -2.11. The fourth-order valence-electron chi connectivity index (χ4n) is 1.70. The van der Waals surface area contributed by atoms with Crippen LogP contribution in [0.5, 0.6) is 0 Å². The van der Waals surface area contributed by atoms with Gasteiger partial charge in [-0.05, 0) is 34.0 Å². The monoisotopic (exact) mass is 310 g/mol. The Morgan fingerprint density at radius 1 is 1.40 bits per heavy atom. The van der Waals surface area contributed by atoms with Crippen LogP contribution in [0.1, 0.15) is 30.5 Å². The van der Waals surface area contributed by atoms with Gasteiger partial charge in [-0.15, -0.1) is 22.7 Å². The minimum Gasteiger partial charge on any atom is -0.465 e. The van der Waals surface area contributed by atoms with E-state index in [1.54, 1.807) is 0 Å². The number of esters is 1. The van der Waals surface area contributed by atoms with Gasteiger partial charge in [0.15, 0.2) is 0 Å². The summed E-state index contributed by atoms with van der Waals surface area (Å²) in [6.45, 7) is 1.10. The zero-order valence-corrected chi connectivity index (χ0v) is 12.5. The van der Waals surface area contributed by atoms with Gasteiger partial charge in [-0.25, -0.2) is 4.79 Å². The molecule has 106 valence electrons. The van der Waals surface area contributed by atoms with Crippen LogP contribution in [0.25, 0.3) is 0 Å². The first-order valence-electron chi connectivity index (χ1n) is 5.86. The van der Waals surface area contributed by atoms with E-state index in [4.69, 9.17) is 5.73 Å². The van der Waals surface area contributed by atoms with E-state index in [0.717, 1.165) is 22.5 Å². The van der Waals surface area contributed by atoms with Crippen molar-refractivity contribution in [2.45, 2.75) is 13.1 Å². The second-order valence-corrected chi connectivity index (χ2v) is 5.76. The number of carbonyl (C=O) groups excluding carboxylic acids is 2. The Kier molecular flexibility index (Phi) is 4.89. The summed E-state index contributed by atoms with van der Waals surface area (Å²) in [5.41, 5.74) is 7.38. The van der Waals surface area contributed by atoms with Crippen molar-refractivity contribution < 1.29 is 14.3 Å². The Balaban J connectivity index is 0.000000149. The third-order valence-corrected chi connectivity index (χ3v) is 4.62. The van der Waals surface area contributed by atoms with Crippen molar-refractivity contribution in [2.75, 3.05) is 7.11 Å². The predicted octanol–water partition coefficient (Wildman–Crippen LogP) is 1.98. The largest absolute Gasteiger partial charge is 0.465 e. The van der Waals surface area contributed by atoms with Crippen LogP contribution in [0.3, 0.4) is 0 Å². The topological polar surface area (TPSA) is 81.4 Å². The summed E-state index contributed by atoms with van der Waals surface area (Å²) in [7, 11) is 1.36. The smallest absolute Gasteiger partial charge is 0.348 e. The lowest BCUT2D eigenvalue weighted by Gasteiger charge is -1.97. The number of ether oxygens (including phenoxy) is 1. The first kappa shape index (κ1) is 14.7. The number of fused-ring (bicyclic) bond motifs is 1. The van der Waals surface area contributed by atoms with Gasteiger partial charge in [0.1, 0.15) is 4.88 Å². The van der Waals surface area contributed by atoms with E-state index < -0.39 is 0 Å². The Labute approximate surface area is 124 Å². The average molecular weight is 310 g/mol. The molecule has 0 saturated heterocycles. The highest BCUT2D eigenvalue weighted by Crippen LogP contribution is 2.20. The summed E-state index contributed by atoms with van der Waals surface area (Å²) in [6.07, 6.45) is 0. The number of amides is 1. The lowest BCUT2D eigenvalue weighted by atomic mass is 10.2. The molecule has 0 bridgehead atoms. The molecule has 0 atom stereocenters. The first-order chi connectivity index (χ1) is 9.67. The van der Waals surface area contributed by atoms with Crippen LogP contribution < -0.4 is 11.1 Å². The molecule has 0 saturated carbocycles. The van der Waals surface area contributed by atoms with E-state index >= 15 is 0 Å². The van der Waals surface area contributed by atoms with Crippen molar-refractivity contribution in [3.8, 4) is 0 Å². The van der Waals surface area contributed by atoms with Gasteiger partial charge >= 0.3 is 5.97 Å². The Hall–Kier alpha value is -1.70. The normalized spacial score (nSPS) is 12.2. The van der Waals surface area contributed by atoms with Crippen molar-refractivity contribution in [2.24, 2.45) is 5.73 Å². The van der Waals surface area contributed by atoms with Gasteiger partial charge in [-0.2, -0.15) is 0 Å². The number of rotatable bonds is 2. The maximum atomic E-state index is 11.0. The molecule has 3 heterocycles. The molecule has 0 spiro atoms. The van der Waals surface area contributed by atoms with Gasteiger partial charge in [0.05, 0.1) is 12.0 Å². The van der Waals surface area contributed by atoms with Crippen LogP contribution in [-0.4, -0.2) is 19.0 Å². The second kappa shape index (κ2) is 6.65. The zero-order valence-electron chi connectivity index (χ0n) is 10.8. The molecule has 0 unspecified atom stereocenters. The third kappa shape index (κ3) is 3.06.